The van der Waals surface area contributed by atoms with Gasteiger partial charge in [0.05, 0.1) is 12.6 Å². The van der Waals surface area contributed by atoms with E-state index in [-0.39, 0.29) is 27.3 Å². The average Bonchev–Trinajstić information content (AvgIpc) is 2.97. The maximum Gasteiger partial charge on any atom is 4.00 e. The molecule has 0 aromatic heterocycles. The van der Waals surface area contributed by atoms with Crippen LogP contribution in [-0.4, -0.2) is 26.3 Å². The average molecular weight is 513 g/mol. The molecule has 0 saturated heterocycles. The van der Waals surface area contributed by atoms with Crippen LogP contribution in [0.15, 0.2) is 60.7 Å². The van der Waals surface area contributed by atoms with Gasteiger partial charge in [0.25, 0.3) is 0 Å². The first kappa shape index (κ1) is 32.7. The molecule has 1 aliphatic carbocycles. The van der Waals surface area contributed by atoms with Crippen molar-refractivity contribution in [1.29, 1.82) is 0 Å². The summed E-state index contributed by atoms with van der Waals surface area (Å²) < 4.78 is 0. The molecular formula is C29H42NO2SiTi+. The predicted octanol–water partition coefficient (Wildman–Crippen LogP) is 7.58. The molecule has 34 heavy (non-hydrogen) atoms. The molecule has 0 N–H and O–H groups in total. The fourth-order valence-electron chi connectivity index (χ4n) is 5.33. The minimum atomic E-state index is -1.49. The zero-order valence-corrected chi connectivity index (χ0v) is 25.0. The minimum Gasteiger partial charge on any atom is -0.660 e. The Balaban J connectivity index is 0.000000533. The van der Waals surface area contributed by atoms with E-state index in [1.807, 2.05) is 12.1 Å². The zero-order valence-electron chi connectivity index (χ0n) is 22.4. The summed E-state index contributed by atoms with van der Waals surface area (Å²) in [6, 6.07) is 17.8. The normalized spacial score (nSPS) is 23.9. The van der Waals surface area contributed by atoms with Crippen LogP contribution in [0.5, 0.6) is 0 Å². The number of benzene rings is 2. The zero-order chi connectivity index (χ0) is 25.2. The van der Waals surface area contributed by atoms with Crippen molar-refractivity contribution in [1.82, 2.24) is 0 Å². The van der Waals surface area contributed by atoms with Crippen LogP contribution < -0.4 is 0 Å². The first-order valence-corrected chi connectivity index (χ1v) is 15.0. The van der Waals surface area contributed by atoms with Crippen LogP contribution in [0.2, 0.25) is 18.6 Å². The molecule has 0 radical (unpaired) electrons. The molecule has 0 heterocycles. The van der Waals surface area contributed by atoms with Gasteiger partial charge in [-0.3, -0.25) is 0 Å². The summed E-state index contributed by atoms with van der Waals surface area (Å²) in [5, 5.41) is 0. The predicted molar refractivity (Wildman–Crippen MR) is 143 cm³/mol. The van der Waals surface area contributed by atoms with Gasteiger partial charge in [0.15, 0.2) is 0 Å². The first-order chi connectivity index (χ1) is 15.3. The smallest absolute Gasteiger partial charge is 0.660 e. The van der Waals surface area contributed by atoms with Gasteiger partial charge in [0.1, 0.15) is 0 Å². The molecule has 4 unspecified atom stereocenters. The fourth-order valence-corrected chi connectivity index (χ4v) is 10.4. The van der Waals surface area contributed by atoms with Crippen LogP contribution in [-0.2, 0) is 31.3 Å². The van der Waals surface area contributed by atoms with E-state index in [1.165, 1.54) is 0 Å². The van der Waals surface area contributed by atoms with Crippen LogP contribution in [0.3, 0.4) is 0 Å². The van der Waals surface area contributed by atoms with Crippen molar-refractivity contribution in [2.75, 3.05) is 0 Å². The third kappa shape index (κ3) is 10.5. The van der Waals surface area contributed by atoms with Gasteiger partial charge in [0.2, 0.25) is 0 Å². The van der Waals surface area contributed by atoms with Crippen molar-refractivity contribution < 1.29 is 31.3 Å². The van der Waals surface area contributed by atoms with Crippen molar-refractivity contribution in [3.8, 4) is 0 Å². The Morgan fingerprint density at radius 2 is 1.00 bits per heavy atom. The van der Waals surface area contributed by atoms with Crippen LogP contribution in [0.1, 0.15) is 59.6 Å². The van der Waals surface area contributed by atoms with E-state index in [1.54, 1.807) is 61.1 Å². The van der Waals surface area contributed by atoms with E-state index < -0.39 is 8.24 Å². The van der Waals surface area contributed by atoms with Gasteiger partial charge in [0, 0.05) is 0 Å². The van der Waals surface area contributed by atoms with Crippen molar-refractivity contribution in [3.63, 3.8) is 0 Å². The summed E-state index contributed by atoms with van der Waals surface area (Å²) >= 11 is 0. The monoisotopic (exact) mass is 512 g/mol. The number of rotatable bonds is 4. The Hall–Kier alpha value is -1.33. The molecule has 2 aromatic rings. The second-order valence-electron chi connectivity index (χ2n) is 10.8. The first-order valence-electron chi connectivity index (χ1n) is 11.9. The van der Waals surface area contributed by atoms with Gasteiger partial charge in [-0.05, 0) is 23.7 Å². The van der Waals surface area contributed by atoms with Crippen LogP contribution >= 0.6 is 0 Å². The third-order valence-corrected chi connectivity index (χ3v) is 10.8. The summed E-state index contributed by atoms with van der Waals surface area (Å²) in [5.41, 5.74) is 2.19. The van der Waals surface area contributed by atoms with E-state index in [9.17, 15) is 9.59 Å². The van der Waals surface area contributed by atoms with Crippen molar-refractivity contribution in [2.45, 2.75) is 72.6 Å². The molecule has 1 saturated carbocycles. The van der Waals surface area contributed by atoms with Crippen LogP contribution in [0.4, 0.5) is 0 Å². The van der Waals surface area contributed by atoms with Gasteiger partial charge < -0.3 is 14.6 Å². The van der Waals surface area contributed by atoms with Gasteiger partial charge in [-0.15, -0.1) is 29.8 Å². The van der Waals surface area contributed by atoms with Gasteiger partial charge in [-0.25, -0.2) is 0 Å². The van der Waals surface area contributed by atoms with Gasteiger partial charge in [-0.2, -0.15) is 35.4 Å². The molecule has 4 atom stereocenters. The maximum atomic E-state index is 9.88. The molecule has 0 bridgehead atoms. The molecule has 3 rings (SSSR count). The second kappa shape index (κ2) is 14.9. The summed E-state index contributed by atoms with van der Waals surface area (Å²) in [6.07, 6.45) is 3.55. The van der Waals surface area contributed by atoms with E-state index in [2.05, 4.69) is 61.6 Å². The maximum absolute atomic E-state index is 9.88. The molecule has 182 valence electrons. The van der Waals surface area contributed by atoms with Crippen LogP contribution in [0, 0.1) is 23.7 Å². The molecule has 5 heteroatoms. The van der Waals surface area contributed by atoms with E-state index in [0.29, 0.717) is 11.1 Å². The summed E-state index contributed by atoms with van der Waals surface area (Å²) in [5.74, 6) is 3.40. The summed E-state index contributed by atoms with van der Waals surface area (Å²) in [7, 11) is -1.49. The Labute approximate surface area is 224 Å². The van der Waals surface area contributed by atoms with Crippen molar-refractivity contribution in [3.05, 3.63) is 76.8 Å². The summed E-state index contributed by atoms with van der Waals surface area (Å²) in [6.45, 7) is 21.5. The van der Waals surface area contributed by atoms with Crippen molar-refractivity contribution >= 4 is 20.8 Å². The molecule has 0 amide bonds. The molecule has 1 fully saturated rings. The topological polar surface area (TPSA) is 48.2 Å². The largest absolute Gasteiger partial charge is 4.00 e. The third-order valence-electron chi connectivity index (χ3n) is 6.84. The quantitative estimate of drug-likeness (QED) is 0.313. The summed E-state index contributed by atoms with van der Waals surface area (Å²) in [4.78, 5) is 25.0. The minimum absolute atomic E-state index is 0. The van der Waals surface area contributed by atoms with Crippen molar-refractivity contribution in [2.24, 2.45) is 23.7 Å². The standard InChI is InChI=1S/C15H32NSi.2C7H5O.Ti/c1-10-11(2)13(4)14(12(10)3)17(8,9)16-15(5,6)7;2*8-6-7-4-2-1-3-5-7;/h10-14H,1-9H3;2*1-5H;/q3*-1;+4. The molecular weight excluding hydrogens is 470 g/mol. The fraction of sp³-hybridized carbons (Fsp3) is 0.517. The Morgan fingerprint density at radius 1 is 0.676 bits per heavy atom. The molecule has 1 aliphatic rings. The number of nitrogens with zero attached hydrogens (tertiary/aromatic N) is 1. The Morgan fingerprint density at radius 3 is 1.24 bits per heavy atom. The van der Waals surface area contributed by atoms with Gasteiger partial charge >= 0.3 is 21.7 Å². The second-order valence-corrected chi connectivity index (χ2v) is 15.0. The molecule has 2 aromatic carbocycles. The molecule has 0 spiro atoms. The molecule has 0 aliphatic heterocycles. The number of carbonyl (C=O) groups excluding carboxylic acids is 2. The molecule has 3 nitrogen and oxygen atoms in total. The number of hydrogen-bond donors (Lipinski definition) is 0. The SMILES string of the molecule is CC1C(C)C(C)C([Si](C)(C)[N-]C(C)(C)C)C1C.O=[C-]c1ccccc1.O=[C-]c1ccccc1.[Ti+4]. The Kier molecular flexibility index (Phi) is 14.3. The Bertz CT molecular complexity index is 779. The van der Waals surface area contributed by atoms with Gasteiger partial charge in [-0.1, -0.05) is 87.5 Å². The van der Waals surface area contributed by atoms with E-state index >= 15 is 0 Å². The van der Waals surface area contributed by atoms with Crippen LogP contribution in [0.25, 0.3) is 4.98 Å². The van der Waals surface area contributed by atoms with E-state index in [0.717, 1.165) is 29.2 Å². The van der Waals surface area contributed by atoms with E-state index in [4.69, 9.17) is 4.98 Å². The number of hydrogen-bond acceptors (Lipinski definition) is 2.